The summed E-state index contributed by atoms with van der Waals surface area (Å²) in [6.07, 6.45) is 0. The van der Waals surface area contributed by atoms with Gasteiger partial charge in [0.15, 0.2) is 5.78 Å². The Morgan fingerprint density at radius 2 is 1.36 bits per heavy atom. The van der Waals surface area contributed by atoms with Crippen molar-refractivity contribution in [1.82, 2.24) is 16.2 Å². The second-order valence-corrected chi connectivity index (χ2v) is 4.40. The third kappa shape index (κ3) is 3.49. The Bertz CT molecular complexity index is 699. The number of nitrogens with one attached hydrogen (secondary N) is 3. The highest BCUT2D eigenvalue weighted by atomic mass is 16.2. The summed E-state index contributed by atoms with van der Waals surface area (Å²) >= 11 is 0. The molecule has 0 heterocycles. The average Bonchev–Trinajstić information content (AvgIpc) is 2.59. The molecule has 0 saturated carbocycles. The summed E-state index contributed by atoms with van der Waals surface area (Å²) in [6, 6.07) is 14.5. The number of hydrogen-bond donors (Lipinski definition) is 3. The highest BCUT2D eigenvalue weighted by Gasteiger charge is 2.17. The average molecular weight is 297 g/mol. The number of amides is 3. The van der Waals surface area contributed by atoms with Crippen LogP contribution in [-0.4, -0.2) is 24.8 Å². The predicted octanol–water partition coefficient (Wildman–Crippen LogP) is 1.49. The lowest BCUT2D eigenvalue weighted by Gasteiger charge is -2.10. The van der Waals surface area contributed by atoms with Gasteiger partial charge in [-0.2, -0.15) is 0 Å². The fourth-order valence-electron chi connectivity index (χ4n) is 1.87. The normalized spacial score (nSPS) is 9.68. The van der Waals surface area contributed by atoms with Crippen molar-refractivity contribution < 1.29 is 14.4 Å². The standard InChI is InChI=1S/C16H15N3O3/c1-17-16(22)19-18-15(21)13-10-6-5-9-12(13)14(20)11-7-3-2-4-8-11/h2-10H,1H3,(H,18,21)(H2,17,19,22). The molecule has 112 valence electrons. The van der Waals surface area contributed by atoms with Crippen molar-refractivity contribution >= 4 is 17.7 Å². The third-order valence-electron chi connectivity index (χ3n) is 2.97. The molecule has 6 nitrogen and oxygen atoms in total. The first-order valence-corrected chi connectivity index (χ1v) is 6.60. The maximum atomic E-state index is 12.5. The van der Waals surface area contributed by atoms with Crippen LogP contribution in [0.3, 0.4) is 0 Å². The van der Waals surface area contributed by atoms with Gasteiger partial charge in [-0.25, -0.2) is 10.2 Å². The van der Waals surface area contributed by atoms with Gasteiger partial charge in [0.25, 0.3) is 5.91 Å². The van der Waals surface area contributed by atoms with Crippen molar-refractivity contribution in [2.24, 2.45) is 0 Å². The number of carbonyl (C=O) groups is 3. The van der Waals surface area contributed by atoms with Crippen molar-refractivity contribution in [2.45, 2.75) is 0 Å². The van der Waals surface area contributed by atoms with Gasteiger partial charge in [-0.05, 0) is 6.07 Å². The molecule has 0 fully saturated rings. The van der Waals surface area contributed by atoms with E-state index in [-0.39, 0.29) is 16.9 Å². The minimum absolute atomic E-state index is 0.188. The van der Waals surface area contributed by atoms with Gasteiger partial charge in [-0.1, -0.05) is 48.5 Å². The van der Waals surface area contributed by atoms with Gasteiger partial charge in [0.05, 0.1) is 5.56 Å². The van der Waals surface area contributed by atoms with E-state index < -0.39 is 11.9 Å². The second kappa shape index (κ2) is 7.03. The summed E-state index contributed by atoms with van der Waals surface area (Å²) in [5.41, 5.74) is 5.36. The molecule has 0 atom stereocenters. The minimum atomic E-state index is -0.566. The fourth-order valence-corrected chi connectivity index (χ4v) is 1.87. The van der Waals surface area contributed by atoms with Gasteiger partial charge in [0.2, 0.25) is 0 Å². The molecule has 2 aromatic rings. The first-order chi connectivity index (χ1) is 10.6. The van der Waals surface area contributed by atoms with Crippen LogP contribution < -0.4 is 16.2 Å². The smallest absolute Gasteiger partial charge is 0.333 e. The van der Waals surface area contributed by atoms with Crippen LogP contribution in [-0.2, 0) is 0 Å². The van der Waals surface area contributed by atoms with Crippen molar-refractivity contribution in [2.75, 3.05) is 7.05 Å². The lowest BCUT2D eigenvalue weighted by Crippen LogP contribution is -2.46. The predicted molar refractivity (Wildman–Crippen MR) is 81.4 cm³/mol. The van der Waals surface area contributed by atoms with E-state index >= 15 is 0 Å². The zero-order valence-electron chi connectivity index (χ0n) is 11.9. The number of rotatable bonds is 3. The molecular weight excluding hydrogens is 282 g/mol. The summed E-state index contributed by atoms with van der Waals surface area (Å²) in [7, 11) is 1.42. The van der Waals surface area contributed by atoms with Gasteiger partial charge >= 0.3 is 6.03 Å². The Balaban J connectivity index is 2.25. The van der Waals surface area contributed by atoms with E-state index in [1.54, 1.807) is 42.5 Å². The molecule has 0 bridgehead atoms. The summed E-state index contributed by atoms with van der Waals surface area (Å²) in [5, 5.41) is 2.30. The Hall–Kier alpha value is -3.15. The molecule has 0 saturated heterocycles. The monoisotopic (exact) mass is 297 g/mol. The number of carbonyl (C=O) groups excluding carboxylic acids is 3. The van der Waals surface area contributed by atoms with Gasteiger partial charge in [0, 0.05) is 18.2 Å². The molecule has 3 amide bonds. The Morgan fingerprint density at radius 1 is 0.773 bits per heavy atom. The number of urea groups is 1. The molecule has 0 unspecified atom stereocenters. The van der Waals surface area contributed by atoms with E-state index in [1.165, 1.54) is 13.1 Å². The molecule has 0 spiro atoms. The lowest BCUT2D eigenvalue weighted by atomic mass is 9.98. The van der Waals surface area contributed by atoms with Gasteiger partial charge in [0.1, 0.15) is 0 Å². The van der Waals surface area contributed by atoms with E-state index in [4.69, 9.17) is 0 Å². The van der Waals surface area contributed by atoms with E-state index in [9.17, 15) is 14.4 Å². The highest BCUT2D eigenvalue weighted by molar-refractivity contribution is 6.15. The van der Waals surface area contributed by atoms with E-state index in [0.717, 1.165) is 0 Å². The molecule has 6 heteroatoms. The first kappa shape index (κ1) is 15.2. The maximum absolute atomic E-state index is 12.5. The second-order valence-electron chi connectivity index (χ2n) is 4.40. The maximum Gasteiger partial charge on any atom is 0.333 e. The van der Waals surface area contributed by atoms with Crippen LogP contribution in [0.25, 0.3) is 0 Å². The van der Waals surface area contributed by atoms with Crippen molar-refractivity contribution in [3.8, 4) is 0 Å². The van der Waals surface area contributed by atoms with Crippen molar-refractivity contribution in [3.05, 3.63) is 71.3 Å². The molecule has 0 aliphatic heterocycles. The summed E-state index contributed by atoms with van der Waals surface area (Å²) in [6.45, 7) is 0. The Kier molecular flexibility index (Phi) is 4.87. The lowest BCUT2D eigenvalue weighted by molar-refractivity contribution is 0.0927. The molecule has 2 rings (SSSR count). The van der Waals surface area contributed by atoms with Crippen molar-refractivity contribution in [1.29, 1.82) is 0 Å². The van der Waals surface area contributed by atoms with Crippen LogP contribution in [0, 0.1) is 0 Å². The molecule has 3 N–H and O–H groups in total. The van der Waals surface area contributed by atoms with Crippen LogP contribution in [0.4, 0.5) is 4.79 Å². The topological polar surface area (TPSA) is 87.3 Å². The van der Waals surface area contributed by atoms with E-state index in [1.807, 2.05) is 6.07 Å². The van der Waals surface area contributed by atoms with Gasteiger partial charge in [-0.3, -0.25) is 15.0 Å². The van der Waals surface area contributed by atoms with E-state index in [0.29, 0.717) is 5.56 Å². The molecule has 2 aromatic carbocycles. The largest absolute Gasteiger partial charge is 0.340 e. The SMILES string of the molecule is CNC(=O)NNC(=O)c1ccccc1C(=O)c1ccccc1. The fraction of sp³-hybridized carbons (Fsp3) is 0.0625. The van der Waals surface area contributed by atoms with Crippen LogP contribution in [0.2, 0.25) is 0 Å². The summed E-state index contributed by atoms with van der Waals surface area (Å²) in [4.78, 5) is 35.7. The first-order valence-electron chi connectivity index (χ1n) is 6.60. The number of ketones is 1. The molecule has 0 aliphatic rings. The highest BCUT2D eigenvalue weighted by Crippen LogP contribution is 2.14. The molecule has 22 heavy (non-hydrogen) atoms. The minimum Gasteiger partial charge on any atom is -0.340 e. The Morgan fingerprint density at radius 3 is 2.00 bits per heavy atom. The van der Waals surface area contributed by atoms with Crippen LogP contribution in [0.15, 0.2) is 54.6 Å². The molecule has 0 aromatic heterocycles. The summed E-state index contributed by atoms with van der Waals surface area (Å²) < 4.78 is 0. The number of benzene rings is 2. The van der Waals surface area contributed by atoms with Crippen LogP contribution in [0.1, 0.15) is 26.3 Å². The van der Waals surface area contributed by atoms with Gasteiger partial charge < -0.3 is 5.32 Å². The van der Waals surface area contributed by atoms with Crippen LogP contribution >= 0.6 is 0 Å². The molecular formula is C16H15N3O3. The zero-order valence-corrected chi connectivity index (χ0v) is 11.9. The Labute approximate surface area is 127 Å². The molecule has 0 aliphatic carbocycles. The molecule has 0 radical (unpaired) electrons. The van der Waals surface area contributed by atoms with Gasteiger partial charge in [-0.15, -0.1) is 0 Å². The van der Waals surface area contributed by atoms with Crippen LogP contribution in [0.5, 0.6) is 0 Å². The van der Waals surface area contributed by atoms with E-state index in [2.05, 4.69) is 16.2 Å². The summed E-state index contributed by atoms with van der Waals surface area (Å²) in [5.74, 6) is -0.824. The third-order valence-corrected chi connectivity index (χ3v) is 2.97. The number of hydrogen-bond acceptors (Lipinski definition) is 3. The quantitative estimate of drug-likeness (QED) is 0.592. The zero-order chi connectivity index (χ0) is 15.9. The number of hydrazine groups is 1. The van der Waals surface area contributed by atoms with Crippen molar-refractivity contribution in [3.63, 3.8) is 0 Å².